The number of aromatic amines is 1. The Morgan fingerprint density at radius 2 is 1.96 bits per heavy atom. The van der Waals surface area contributed by atoms with Crippen molar-refractivity contribution in [2.45, 2.75) is 6.54 Å². The second kappa shape index (κ2) is 7.11. The van der Waals surface area contributed by atoms with Gasteiger partial charge in [0.25, 0.3) is 5.91 Å². The van der Waals surface area contributed by atoms with Crippen LogP contribution in [-0.2, 0) is 6.54 Å². The van der Waals surface area contributed by atoms with Crippen molar-refractivity contribution in [2.24, 2.45) is 0 Å². The molecule has 0 aliphatic heterocycles. The molecule has 2 N–H and O–H groups in total. The van der Waals surface area contributed by atoms with E-state index < -0.39 is 0 Å². The van der Waals surface area contributed by atoms with Gasteiger partial charge in [0, 0.05) is 17.3 Å². The van der Waals surface area contributed by atoms with Crippen LogP contribution >= 0.6 is 34.5 Å². The van der Waals surface area contributed by atoms with E-state index in [1.807, 2.05) is 41.8 Å². The van der Waals surface area contributed by atoms with Gasteiger partial charge in [0.05, 0.1) is 26.0 Å². The van der Waals surface area contributed by atoms with Crippen molar-refractivity contribution in [1.82, 2.24) is 15.5 Å². The van der Waals surface area contributed by atoms with Crippen molar-refractivity contribution in [3.63, 3.8) is 0 Å². The number of benzene rings is 2. The molecule has 0 unspecified atom stereocenters. The third kappa shape index (κ3) is 3.33. The van der Waals surface area contributed by atoms with Gasteiger partial charge in [0.15, 0.2) is 0 Å². The minimum absolute atomic E-state index is 0.140. The van der Waals surface area contributed by atoms with Gasteiger partial charge in [-0.2, -0.15) is 5.10 Å². The van der Waals surface area contributed by atoms with Crippen molar-refractivity contribution in [1.29, 1.82) is 0 Å². The third-order valence-corrected chi connectivity index (χ3v) is 5.68. The van der Waals surface area contributed by atoms with Gasteiger partial charge in [0.2, 0.25) is 0 Å². The summed E-state index contributed by atoms with van der Waals surface area (Å²) in [7, 11) is 0. The van der Waals surface area contributed by atoms with E-state index >= 15 is 0 Å². The molecule has 2 aromatic heterocycles. The normalized spacial score (nSPS) is 11.0. The molecule has 4 aromatic rings. The summed E-state index contributed by atoms with van der Waals surface area (Å²) in [5.74, 6) is -0.140. The number of para-hydroxylation sites is 1. The van der Waals surface area contributed by atoms with Gasteiger partial charge in [-0.3, -0.25) is 9.89 Å². The third-order valence-electron chi connectivity index (χ3n) is 4.00. The number of aromatic nitrogens is 2. The average Bonchev–Trinajstić information content (AvgIpc) is 3.29. The average molecular weight is 402 g/mol. The number of amides is 1. The molecular weight excluding hydrogens is 389 g/mol. The van der Waals surface area contributed by atoms with Crippen LogP contribution in [0.4, 0.5) is 0 Å². The molecule has 4 nitrogen and oxygen atoms in total. The largest absolute Gasteiger partial charge is 0.348 e. The Morgan fingerprint density at radius 1 is 1.12 bits per heavy atom. The number of carbonyl (C=O) groups excluding carboxylic acids is 1. The van der Waals surface area contributed by atoms with Gasteiger partial charge < -0.3 is 5.32 Å². The molecule has 1 amide bonds. The lowest BCUT2D eigenvalue weighted by atomic mass is 10.1. The zero-order valence-corrected chi connectivity index (χ0v) is 15.8. The molecule has 2 heterocycles. The van der Waals surface area contributed by atoms with E-state index in [1.54, 1.807) is 12.1 Å². The Balaban J connectivity index is 1.50. The summed E-state index contributed by atoms with van der Waals surface area (Å²) in [6, 6.07) is 15.1. The zero-order chi connectivity index (χ0) is 18.1. The van der Waals surface area contributed by atoms with Crippen LogP contribution < -0.4 is 5.32 Å². The first-order valence-corrected chi connectivity index (χ1v) is 9.49. The molecule has 7 heteroatoms. The lowest BCUT2D eigenvalue weighted by molar-refractivity contribution is 0.0951. The first-order valence-electron chi connectivity index (χ1n) is 7.86. The second-order valence-electron chi connectivity index (χ2n) is 5.75. The van der Waals surface area contributed by atoms with Crippen molar-refractivity contribution in [3.8, 4) is 10.6 Å². The van der Waals surface area contributed by atoms with Crippen LogP contribution in [0.1, 0.15) is 15.9 Å². The molecule has 0 aliphatic carbocycles. The Morgan fingerprint density at radius 3 is 2.81 bits per heavy atom. The Hall–Kier alpha value is -2.34. The monoisotopic (exact) mass is 401 g/mol. The summed E-state index contributed by atoms with van der Waals surface area (Å²) in [6.07, 6.45) is 0. The van der Waals surface area contributed by atoms with Crippen LogP contribution in [0.25, 0.3) is 21.5 Å². The van der Waals surface area contributed by atoms with Gasteiger partial charge in [-0.25, -0.2) is 0 Å². The Kier molecular flexibility index (Phi) is 4.68. The molecule has 0 saturated heterocycles. The molecule has 4 rings (SSSR count). The number of fused-ring (bicyclic) bond motifs is 1. The summed E-state index contributed by atoms with van der Waals surface area (Å²) in [6.45, 7) is 0.381. The minimum atomic E-state index is -0.140. The van der Waals surface area contributed by atoms with Crippen molar-refractivity contribution >= 4 is 51.3 Å². The molecule has 0 saturated carbocycles. The molecule has 0 spiro atoms. The predicted octanol–water partition coefficient (Wildman–Crippen LogP) is 5.53. The lowest BCUT2D eigenvalue weighted by Crippen LogP contribution is -2.22. The zero-order valence-electron chi connectivity index (χ0n) is 13.4. The van der Waals surface area contributed by atoms with Crippen LogP contribution in [0.2, 0.25) is 10.0 Å². The fourth-order valence-electron chi connectivity index (χ4n) is 2.66. The summed E-state index contributed by atoms with van der Waals surface area (Å²) in [5, 5.41) is 14.1. The fraction of sp³-hybridized carbons (Fsp3) is 0.0526. The van der Waals surface area contributed by atoms with E-state index in [2.05, 4.69) is 15.5 Å². The molecule has 0 bridgehead atoms. The van der Waals surface area contributed by atoms with E-state index in [4.69, 9.17) is 23.2 Å². The van der Waals surface area contributed by atoms with Crippen LogP contribution in [0, 0.1) is 0 Å². The van der Waals surface area contributed by atoms with Crippen LogP contribution in [0.15, 0.2) is 53.9 Å². The van der Waals surface area contributed by atoms with Crippen molar-refractivity contribution in [3.05, 3.63) is 75.1 Å². The summed E-state index contributed by atoms with van der Waals surface area (Å²) < 4.78 is 0. The maximum atomic E-state index is 12.4. The number of hydrogen-bond donors (Lipinski definition) is 2. The molecule has 2 aromatic carbocycles. The second-order valence-corrected chi connectivity index (χ2v) is 7.47. The van der Waals surface area contributed by atoms with E-state index in [0.29, 0.717) is 22.2 Å². The topological polar surface area (TPSA) is 57.8 Å². The number of nitrogens with one attached hydrogen (secondary N) is 2. The molecule has 0 atom stereocenters. The van der Waals surface area contributed by atoms with E-state index in [9.17, 15) is 4.79 Å². The summed E-state index contributed by atoms with van der Waals surface area (Å²) in [5.41, 5.74) is 3.33. The van der Waals surface area contributed by atoms with Crippen LogP contribution in [0.3, 0.4) is 0 Å². The van der Waals surface area contributed by atoms with E-state index in [-0.39, 0.29) is 5.91 Å². The highest BCUT2D eigenvalue weighted by Crippen LogP contribution is 2.31. The number of rotatable bonds is 4. The highest BCUT2D eigenvalue weighted by molar-refractivity contribution is 7.14. The lowest BCUT2D eigenvalue weighted by Gasteiger charge is -2.05. The number of thiophene rings is 1. The number of hydrogen-bond acceptors (Lipinski definition) is 3. The Labute approximate surface area is 163 Å². The number of carbonyl (C=O) groups is 1. The molecule has 0 aliphatic rings. The van der Waals surface area contributed by atoms with Gasteiger partial charge in [-0.15, -0.1) is 11.3 Å². The van der Waals surface area contributed by atoms with Gasteiger partial charge in [-0.05, 0) is 29.8 Å². The quantitative estimate of drug-likeness (QED) is 0.472. The highest BCUT2D eigenvalue weighted by atomic mass is 35.5. The predicted molar refractivity (Wildman–Crippen MR) is 107 cm³/mol. The molecule has 0 radical (unpaired) electrons. The summed E-state index contributed by atoms with van der Waals surface area (Å²) in [4.78, 5) is 13.4. The summed E-state index contributed by atoms with van der Waals surface area (Å²) >= 11 is 13.4. The molecule has 26 heavy (non-hydrogen) atoms. The Bertz CT molecular complexity index is 1100. The standard InChI is InChI=1S/C19H13Cl2N3OS/c20-14-6-5-11(7-15(14)21)9-22-19(25)12-8-17(26-10-12)18-13-3-1-2-4-16(13)23-24-18/h1-8,10H,9H2,(H,22,25)(H,23,24). The van der Waals surface area contributed by atoms with E-state index in [0.717, 1.165) is 27.0 Å². The number of halogens is 2. The fourth-order valence-corrected chi connectivity index (χ4v) is 3.88. The van der Waals surface area contributed by atoms with Crippen LogP contribution in [0.5, 0.6) is 0 Å². The first-order chi connectivity index (χ1) is 12.6. The number of H-pyrrole nitrogens is 1. The maximum absolute atomic E-state index is 12.4. The SMILES string of the molecule is O=C(NCc1ccc(Cl)c(Cl)c1)c1csc(-c2n[nH]c3ccccc23)c1. The maximum Gasteiger partial charge on any atom is 0.252 e. The van der Waals surface area contributed by atoms with Crippen LogP contribution in [-0.4, -0.2) is 16.1 Å². The van der Waals surface area contributed by atoms with E-state index in [1.165, 1.54) is 11.3 Å². The van der Waals surface area contributed by atoms with Gasteiger partial charge in [-0.1, -0.05) is 47.5 Å². The first kappa shape index (κ1) is 17.1. The molecule has 0 fully saturated rings. The molecule has 130 valence electrons. The number of nitrogens with zero attached hydrogens (tertiary/aromatic N) is 1. The highest BCUT2D eigenvalue weighted by Gasteiger charge is 2.14. The van der Waals surface area contributed by atoms with Gasteiger partial charge in [0.1, 0.15) is 5.69 Å². The van der Waals surface area contributed by atoms with Crippen molar-refractivity contribution < 1.29 is 4.79 Å². The van der Waals surface area contributed by atoms with Gasteiger partial charge >= 0.3 is 0 Å². The smallest absolute Gasteiger partial charge is 0.252 e. The minimum Gasteiger partial charge on any atom is -0.348 e. The van der Waals surface area contributed by atoms with Crippen molar-refractivity contribution in [2.75, 3.05) is 0 Å². The molecular formula is C19H13Cl2N3OS.